The Morgan fingerprint density at radius 1 is 1.16 bits per heavy atom. The van der Waals surface area contributed by atoms with E-state index in [0.29, 0.717) is 0 Å². The number of likely N-dealkylation sites (tertiary alicyclic amines) is 1. The van der Waals surface area contributed by atoms with Crippen LogP contribution in [0, 0.1) is 0 Å². The predicted octanol–water partition coefficient (Wildman–Crippen LogP) is 4.79. The molecule has 0 spiro atoms. The van der Waals surface area contributed by atoms with Gasteiger partial charge in [0, 0.05) is 54.3 Å². The molecule has 0 radical (unpaired) electrons. The zero-order valence-electron chi connectivity index (χ0n) is 18.3. The van der Waals surface area contributed by atoms with E-state index in [1.807, 2.05) is 53.1 Å². The second-order valence-electron chi connectivity index (χ2n) is 8.34. The topological polar surface area (TPSA) is 49.6 Å². The molecule has 1 aromatic carbocycles. The van der Waals surface area contributed by atoms with Gasteiger partial charge in [0.25, 0.3) is 5.91 Å². The number of piperidine rings is 1. The highest BCUT2D eigenvalue weighted by molar-refractivity contribution is 7.98. The Balaban J connectivity index is 1.25. The third-order valence-corrected chi connectivity index (χ3v) is 6.64. The van der Waals surface area contributed by atoms with Crippen LogP contribution in [0.4, 0.5) is 0 Å². The van der Waals surface area contributed by atoms with Crippen LogP contribution in [0.5, 0.6) is 0 Å². The van der Waals surface area contributed by atoms with Crippen molar-refractivity contribution in [1.82, 2.24) is 19.6 Å². The van der Waals surface area contributed by atoms with E-state index in [-0.39, 0.29) is 11.9 Å². The summed E-state index contributed by atoms with van der Waals surface area (Å²) in [5, 5.41) is 3.21. The summed E-state index contributed by atoms with van der Waals surface area (Å²) in [7, 11) is 0. The monoisotopic (exact) mass is 434 g/mol. The van der Waals surface area contributed by atoms with Crippen molar-refractivity contribution in [2.24, 2.45) is 0 Å². The van der Waals surface area contributed by atoms with Crippen LogP contribution in [0.2, 0.25) is 0 Å². The van der Waals surface area contributed by atoms with Crippen LogP contribution >= 0.6 is 11.8 Å². The zero-order chi connectivity index (χ0) is 21.6. The molecule has 0 atom stereocenters. The summed E-state index contributed by atoms with van der Waals surface area (Å²) in [6.07, 6.45) is 8.37. The largest absolute Gasteiger partial charge is 0.349 e. The Kier molecular flexibility index (Phi) is 7.10. The highest BCUT2D eigenvalue weighted by Gasteiger charge is 2.20. The number of aromatic nitrogens is 2. The Hall–Kier alpha value is -2.57. The Bertz CT molecular complexity index is 1010. The summed E-state index contributed by atoms with van der Waals surface area (Å²) < 4.78 is 2.04. The Morgan fingerprint density at radius 2 is 1.94 bits per heavy atom. The van der Waals surface area contributed by atoms with Gasteiger partial charge in [-0.05, 0) is 63.1 Å². The average Bonchev–Trinajstić information content (AvgIpc) is 3.20. The first kappa shape index (κ1) is 21.7. The average molecular weight is 435 g/mol. The molecule has 1 amide bonds. The van der Waals surface area contributed by atoms with Gasteiger partial charge in [-0.1, -0.05) is 17.7 Å². The molecule has 1 saturated heterocycles. The fraction of sp³-hybridized carbons (Fsp3) is 0.360. The molecule has 0 saturated carbocycles. The maximum absolute atomic E-state index is 12.6. The molecule has 1 aliphatic rings. The van der Waals surface area contributed by atoms with Crippen LogP contribution in [0.1, 0.15) is 42.7 Å². The van der Waals surface area contributed by atoms with Gasteiger partial charge < -0.3 is 9.72 Å². The van der Waals surface area contributed by atoms with E-state index in [1.54, 1.807) is 11.8 Å². The molecule has 3 aromatic rings. The lowest BCUT2D eigenvalue weighted by Gasteiger charge is -2.31. The summed E-state index contributed by atoms with van der Waals surface area (Å²) in [5.74, 6) is 0.832. The standard InChI is InChI=1S/C25H30N4OS/c1-19(2)10-14-28-15-11-21(12-16-28)27-25(30)20-6-8-23(9-7-20)31-18-22-17-29-13-4-3-5-24(29)26-22/h3-10,13,17,21H,11-12,14-16,18H2,1-2H3,(H,27,30). The number of carbonyl (C=O) groups excluding carboxylic acids is 1. The van der Waals surface area contributed by atoms with Crippen molar-refractivity contribution >= 4 is 23.3 Å². The molecule has 1 aliphatic heterocycles. The quantitative estimate of drug-likeness (QED) is 0.429. The van der Waals surface area contributed by atoms with Gasteiger partial charge in [0.1, 0.15) is 5.65 Å². The molecule has 0 bridgehead atoms. The van der Waals surface area contributed by atoms with Crippen molar-refractivity contribution in [2.45, 2.75) is 43.4 Å². The molecule has 162 valence electrons. The normalized spacial score (nSPS) is 15.2. The number of benzene rings is 1. The summed E-state index contributed by atoms with van der Waals surface area (Å²) in [6.45, 7) is 7.35. The first-order valence-corrected chi connectivity index (χ1v) is 11.9. The molecule has 1 fully saturated rings. The molecule has 5 nitrogen and oxygen atoms in total. The van der Waals surface area contributed by atoms with Crippen LogP contribution in [0.3, 0.4) is 0 Å². The summed E-state index contributed by atoms with van der Waals surface area (Å²) in [5.41, 5.74) is 4.10. The summed E-state index contributed by atoms with van der Waals surface area (Å²) in [4.78, 5) is 20.9. The third kappa shape index (κ3) is 5.99. The minimum atomic E-state index is 0.0275. The van der Waals surface area contributed by atoms with Crippen molar-refractivity contribution in [2.75, 3.05) is 19.6 Å². The van der Waals surface area contributed by atoms with Gasteiger partial charge in [0.15, 0.2) is 0 Å². The molecule has 0 aliphatic carbocycles. The fourth-order valence-corrected chi connectivity index (χ4v) is 4.54. The van der Waals surface area contributed by atoms with E-state index in [2.05, 4.69) is 41.3 Å². The SMILES string of the molecule is CC(C)=CCN1CCC(NC(=O)c2ccc(SCc3cn4ccccc4n3)cc2)CC1. The van der Waals surface area contributed by atoms with Crippen molar-refractivity contribution in [3.8, 4) is 0 Å². The second-order valence-corrected chi connectivity index (χ2v) is 9.39. The van der Waals surface area contributed by atoms with Crippen LogP contribution in [-0.2, 0) is 5.75 Å². The zero-order valence-corrected chi connectivity index (χ0v) is 19.1. The summed E-state index contributed by atoms with van der Waals surface area (Å²) >= 11 is 1.73. The number of nitrogens with one attached hydrogen (secondary N) is 1. The van der Waals surface area contributed by atoms with E-state index in [4.69, 9.17) is 0 Å². The summed E-state index contributed by atoms with van der Waals surface area (Å²) in [6, 6.07) is 14.2. The number of hydrogen-bond donors (Lipinski definition) is 1. The second kappa shape index (κ2) is 10.2. The lowest BCUT2D eigenvalue weighted by Crippen LogP contribution is -2.44. The minimum absolute atomic E-state index is 0.0275. The number of pyridine rings is 1. The van der Waals surface area contributed by atoms with Gasteiger partial charge in [0.2, 0.25) is 0 Å². The van der Waals surface area contributed by atoms with Crippen molar-refractivity contribution in [3.05, 3.63) is 77.8 Å². The van der Waals surface area contributed by atoms with Gasteiger partial charge in [-0.3, -0.25) is 9.69 Å². The third-order valence-electron chi connectivity index (χ3n) is 5.60. The van der Waals surface area contributed by atoms with Crippen molar-refractivity contribution in [1.29, 1.82) is 0 Å². The number of rotatable bonds is 7. The number of imidazole rings is 1. The van der Waals surface area contributed by atoms with Crippen molar-refractivity contribution < 1.29 is 4.79 Å². The van der Waals surface area contributed by atoms with E-state index >= 15 is 0 Å². The predicted molar refractivity (Wildman–Crippen MR) is 128 cm³/mol. The van der Waals surface area contributed by atoms with E-state index < -0.39 is 0 Å². The molecule has 0 unspecified atom stereocenters. The molecular formula is C25H30N4OS. The number of amides is 1. The van der Waals surface area contributed by atoms with E-state index in [0.717, 1.165) is 60.0 Å². The van der Waals surface area contributed by atoms with Crippen LogP contribution in [0.25, 0.3) is 5.65 Å². The molecule has 1 N–H and O–H groups in total. The lowest BCUT2D eigenvalue weighted by atomic mass is 10.0. The van der Waals surface area contributed by atoms with Gasteiger partial charge in [-0.25, -0.2) is 4.98 Å². The van der Waals surface area contributed by atoms with Crippen LogP contribution in [0.15, 0.2) is 71.4 Å². The Labute approximate surface area is 188 Å². The first-order valence-electron chi connectivity index (χ1n) is 10.9. The molecule has 31 heavy (non-hydrogen) atoms. The number of fused-ring (bicyclic) bond motifs is 1. The molecule has 6 heteroatoms. The highest BCUT2D eigenvalue weighted by atomic mass is 32.2. The van der Waals surface area contributed by atoms with Gasteiger partial charge in [-0.2, -0.15) is 0 Å². The smallest absolute Gasteiger partial charge is 0.251 e. The maximum Gasteiger partial charge on any atom is 0.251 e. The van der Waals surface area contributed by atoms with E-state index in [9.17, 15) is 4.79 Å². The van der Waals surface area contributed by atoms with Gasteiger partial charge in [0.05, 0.1) is 5.69 Å². The lowest BCUT2D eigenvalue weighted by molar-refractivity contribution is 0.0914. The van der Waals surface area contributed by atoms with E-state index in [1.165, 1.54) is 5.57 Å². The molecule has 3 heterocycles. The number of allylic oxidation sites excluding steroid dienone is 1. The fourth-order valence-electron chi connectivity index (χ4n) is 3.76. The maximum atomic E-state index is 12.6. The van der Waals surface area contributed by atoms with Crippen LogP contribution in [-0.4, -0.2) is 45.9 Å². The molecular weight excluding hydrogens is 404 g/mol. The molecule has 2 aromatic heterocycles. The number of carbonyl (C=O) groups is 1. The Morgan fingerprint density at radius 3 is 2.65 bits per heavy atom. The highest BCUT2D eigenvalue weighted by Crippen LogP contribution is 2.23. The van der Waals surface area contributed by atoms with Gasteiger partial charge >= 0.3 is 0 Å². The minimum Gasteiger partial charge on any atom is -0.349 e. The van der Waals surface area contributed by atoms with Crippen molar-refractivity contribution in [3.63, 3.8) is 0 Å². The number of nitrogens with zero attached hydrogens (tertiary/aromatic N) is 3. The number of hydrogen-bond acceptors (Lipinski definition) is 4. The van der Waals surface area contributed by atoms with Crippen LogP contribution < -0.4 is 5.32 Å². The molecule has 4 rings (SSSR count). The first-order chi connectivity index (χ1) is 15.1. The van der Waals surface area contributed by atoms with Gasteiger partial charge in [-0.15, -0.1) is 11.8 Å². The number of thioether (sulfide) groups is 1.